The maximum absolute atomic E-state index is 12.3. The number of fused-ring (bicyclic) bond motifs is 2. The number of Topliss-reactive ketones (excluding diaryl/α,β-unsaturated/α-hetero) is 1. The predicted octanol–water partition coefficient (Wildman–Crippen LogP) is 3.38. The van der Waals surface area contributed by atoms with Gasteiger partial charge in [-0.05, 0) is 74.2 Å². The largest absolute Gasteiger partial charge is 0.497 e. The molecule has 0 radical (unpaired) electrons. The van der Waals surface area contributed by atoms with Crippen LogP contribution in [-0.2, 0) is 19.5 Å². The summed E-state index contributed by atoms with van der Waals surface area (Å²) in [6.45, 7) is 5.25. The summed E-state index contributed by atoms with van der Waals surface area (Å²) in [6, 6.07) is 11.8. The van der Waals surface area contributed by atoms with E-state index in [1.54, 1.807) is 23.8 Å². The summed E-state index contributed by atoms with van der Waals surface area (Å²) in [4.78, 5) is 29.2. The number of nitrogens with zero attached hydrogens (tertiary/aromatic N) is 2. The molecule has 0 atom stereocenters. The Morgan fingerprint density at radius 2 is 1.93 bits per heavy atom. The molecule has 0 amide bonds. The highest BCUT2D eigenvalue weighted by molar-refractivity contribution is 5.97. The monoisotopic (exact) mass is 393 g/mol. The Bertz CT molecular complexity index is 1100. The van der Waals surface area contributed by atoms with E-state index in [9.17, 15) is 9.59 Å². The predicted molar refractivity (Wildman–Crippen MR) is 114 cm³/mol. The Kier molecular flexibility index (Phi) is 5.53. The van der Waals surface area contributed by atoms with Crippen LogP contribution in [0.1, 0.15) is 41.3 Å². The minimum atomic E-state index is -0.111. The highest BCUT2D eigenvalue weighted by Crippen LogP contribution is 2.24. The number of carbonyl (C=O) groups is 1. The van der Waals surface area contributed by atoms with Gasteiger partial charge in [-0.15, -0.1) is 0 Å². The molecule has 1 aliphatic heterocycles. The molecule has 6 nitrogen and oxygen atoms in total. The standard InChI is InChI=1S/C23H27N3O3/c1-16(27)18-6-8-22-21(14-18)24-23(28)26(22)11-4-3-10-25-12-9-17-5-7-20(29-2)13-19(17)15-25/h5-8,13-14H,3-4,9-12,15H2,1-2H3,(H,24,28). The summed E-state index contributed by atoms with van der Waals surface area (Å²) in [5, 5.41) is 0. The van der Waals surface area contributed by atoms with Gasteiger partial charge in [-0.1, -0.05) is 6.07 Å². The number of ketones is 1. The molecule has 0 saturated carbocycles. The van der Waals surface area contributed by atoms with Gasteiger partial charge in [-0.2, -0.15) is 0 Å². The highest BCUT2D eigenvalue weighted by Gasteiger charge is 2.16. The summed E-state index contributed by atoms with van der Waals surface area (Å²) in [5.41, 5.74) is 4.86. The number of imidazole rings is 1. The quantitative estimate of drug-likeness (QED) is 0.494. The molecule has 1 aromatic heterocycles. The highest BCUT2D eigenvalue weighted by atomic mass is 16.5. The number of methoxy groups -OCH3 is 1. The van der Waals surface area contributed by atoms with Crippen molar-refractivity contribution in [3.63, 3.8) is 0 Å². The molecule has 0 bridgehead atoms. The van der Waals surface area contributed by atoms with E-state index >= 15 is 0 Å². The third-order valence-electron chi connectivity index (χ3n) is 5.79. The number of hydrogen-bond donors (Lipinski definition) is 1. The molecular formula is C23H27N3O3. The van der Waals surface area contributed by atoms with Gasteiger partial charge in [0.05, 0.1) is 18.1 Å². The van der Waals surface area contributed by atoms with E-state index in [1.165, 1.54) is 18.1 Å². The van der Waals surface area contributed by atoms with E-state index < -0.39 is 0 Å². The zero-order chi connectivity index (χ0) is 20.4. The van der Waals surface area contributed by atoms with Gasteiger partial charge in [-0.3, -0.25) is 14.3 Å². The van der Waals surface area contributed by atoms with Gasteiger partial charge in [0.25, 0.3) is 0 Å². The van der Waals surface area contributed by atoms with Crippen LogP contribution in [0.5, 0.6) is 5.75 Å². The van der Waals surface area contributed by atoms with E-state index in [0.717, 1.165) is 55.7 Å². The first-order valence-corrected chi connectivity index (χ1v) is 10.2. The second kappa shape index (κ2) is 8.25. The van der Waals surface area contributed by atoms with Crippen molar-refractivity contribution in [2.24, 2.45) is 0 Å². The van der Waals surface area contributed by atoms with Gasteiger partial charge in [0.15, 0.2) is 5.78 Å². The molecule has 0 fully saturated rings. The van der Waals surface area contributed by atoms with Crippen molar-refractivity contribution in [2.75, 3.05) is 20.2 Å². The van der Waals surface area contributed by atoms with Gasteiger partial charge >= 0.3 is 5.69 Å². The van der Waals surface area contributed by atoms with Gasteiger partial charge in [0, 0.05) is 25.2 Å². The number of H-pyrrole nitrogens is 1. The normalized spacial score (nSPS) is 14.1. The van der Waals surface area contributed by atoms with Crippen LogP contribution in [0.25, 0.3) is 11.0 Å². The molecule has 152 valence electrons. The molecule has 0 saturated heterocycles. The number of benzene rings is 2. The molecule has 29 heavy (non-hydrogen) atoms. The van der Waals surface area contributed by atoms with Crippen molar-refractivity contribution in [1.82, 2.24) is 14.5 Å². The number of aryl methyl sites for hydroxylation is 1. The van der Waals surface area contributed by atoms with Crippen LogP contribution in [0.3, 0.4) is 0 Å². The molecular weight excluding hydrogens is 366 g/mol. The zero-order valence-electron chi connectivity index (χ0n) is 17.0. The Hall–Kier alpha value is -2.86. The van der Waals surface area contributed by atoms with Crippen molar-refractivity contribution in [3.8, 4) is 5.75 Å². The topological polar surface area (TPSA) is 67.3 Å². The third kappa shape index (κ3) is 4.12. The number of nitrogens with one attached hydrogen (secondary N) is 1. The second-order valence-corrected chi connectivity index (χ2v) is 7.74. The maximum Gasteiger partial charge on any atom is 0.326 e. The van der Waals surface area contributed by atoms with Crippen LogP contribution in [0.2, 0.25) is 0 Å². The number of carbonyl (C=O) groups excluding carboxylic acids is 1. The van der Waals surface area contributed by atoms with Crippen molar-refractivity contribution < 1.29 is 9.53 Å². The lowest BCUT2D eigenvalue weighted by Gasteiger charge is -2.29. The van der Waals surface area contributed by atoms with Gasteiger partial charge < -0.3 is 9.72 Å². The number of aromatic nitrogens is 2. The number of ether oxygens (including phenoxy) is 1. The average molecular weight is 393 g/mol. The lowest BCUT2D eigenvalue weighted by molar-refractivity contribution is 0.101. The fraction of sp³-hybridized carbons (Fsp3) is 0.391. The zero-order valence-corrected chi connectivity index (χ0v) is 17.0. The molecule has 6 heteroatoms. The van der Waals surface area contributed by atoms with Crippen LogP contribution in [0.4, 0.5) is 0 Å². The number of hydrogen-bond acceptors (Lipinski definition) is 4. The smallest absolute Gasteiger partial charge is 0.326 e. The van der Waals surface area contributed by atoms with E-state index in [0.29, 0.717) is 12.1 Å². The Labute approximate surface area is 170 Å². The van der Waals surface area contributed by atoms with Crippen molar-refractivity contribution in [2.45, 2.75) is 39.3 Å². The van der Waals surface area contributed by atoms with Crippen LogP contribution >= 0.6 is 0 Å². The first-order chi connectivity index (χ1) is 14.0. The second-order valence-electron chi connectivity index (χ2n) is 7.74. The van der Waals surface area contributed by atoms with Gasteiger partial charge in [0.1, 0.15) is 5.75 Å². The SMILES string of the molecule is COc1ccc2c(c1)CN(CCCCn1c(=O)[nH]c3cc(C(C)=O)ccc31)CC2. The van der Waals surface area contributed by atoms with E-state index in [4.69, 9.17) is 4.74 Å². The molecule has 0 spiro atoms. The molecule has 4 rings (SSSR count). The van der Waals surface area contributed by atoms with E-state index in [2.05, 4.69) is 22.0 Å². The fourth-order valence-electron chi connectivity index (χ4n) is 4.12. The average Bonchev–Trinajstić information content (AvgIpc) is 3.04. The molecule has 1 aliphatic rings. The molecule has 3 aromatic rings. The third-order valence-corrected chi connectivity index (χ3v) is 5.79. The summed E-state index contributed by atoms with van der Waals surface area (Å²) in [6.07, 6.45) is 3.03. The number of aromatic amines is 1. The van der Waals surface area contributed by atoms with Crippen LogP contribution in [-0.4, -0.2) is 40.4 Å². The summed E-state index contributed by atoms with van der Waals surface area (Å²) < 4.78 is 7.12. The number of unbranched alkanes of at least 4 members (excludes halogenated alkanes) is 1. The van der Waals surface area contributed by atoms with Crippen LogP contribution < -0.4 is 10.4 Å². The first kappa shape index (κ1) is 19.5. The Morgan fingerprint density at radius 1 is 1.10 bits per heavy atom. The Balaban J connectivity index is 1.34. The lowest BCUT2D eigenvalue weighted by atomic mass is 9.99. The van der Waals surface area contributed by atoms with E-state index in [-0.39, 0.29) is 11.5 Å². The Morgan fingerprint density at radius 3 is 2.72 bits per heavy atom. The maximum atomic E-state index is 12.3. The summed E-state index contributed by atoms with van der Waals surface area (Å²) >= 11 is 0. The molecule has 2 heterocycles. The van der Waals surface area contributed by atoms with Crippen molar-refractivity contribution in [1.29, 1.82) is 0 Å². The van der Waals surface area contributed by atoms with Gasteiger partial charge in [-0.25, -0.2) is 4.79 Å². The van der Waals surface area contributed by atoms with Crippen LogP contribution in [0, 0.1) is 0 Å². The molecule has 2 aromatic carbocycles. The summed E-state index contributed by atoms with van der Waals surface area (Å²) in [5.74, 6) is 0.915. The molecule has 1 N–H and O–H groups in total. The summed E-state index contributed by atoms with van der Waals surface area (Å²) in [7, 11) is 1.70. The van der Waals surface area contributed by atoms with E-state index in [1.807, 2.05) is 12.1 Å². The van der Waals surface area contributed by atoms with Crippen molar-refractivity contribution in [3.05, 3.63) is 63.6 Å². The lowest BCUT2D eigenvalue weighted by Crippen LogP contribution is -2.31. The first-order valence-electron chi connectivity index (χ1n) is 10.2. The molecule has 0 aliphatic carbocycles. The minimum Gasteiger partial charge on any atom is -0.497 e. The van der Waals surface area contributed by atoms with Crippen molar-refractivity contribution >= 4 is 16.8 Å². The minimum absolute atomic E-state index is 0.00113. The molecule has 0 unspecified atom stereocenters. The number of rotatable bonds is 7. The van der Waals surface area contributed by atoms with Gasteiger partial charge in [0.2, 0.25) is 0 Å². The van der Waals surface area contributed by atoms with Crippen LogP contribution in [0.15, 0.2) is 41.2 Å². The fourth-order valence-corrected chi connectivity index (χ4v) is 4.12.